The molecule has 2 N–H and O–H groups in total. The molecule has 3 aromatic rings. The van der Waals surface area contributed by atoms with Gasteiger partial charge in [0.05, 0.1) is 17.4 Å². The third-order valence-electron chi connectivity index (χ3n) is 4.25. The first-order valence-corrected chi connectivity index (χ1v) is 7.53. The molecule has 1 aromatic carbocycles. The third kappa shape index (κ3) is 2.56. The van der Waals surface area contributed by atoms with Crippen LogP contribution in [0, 0.1) is 0 Å². The van der Waals surface area contributed by atoms with Gasteiger partial charge >= 0.3 is 0 Å². The normalized spacial score (nSPS) is 20.1. The molecule has 0 radical (unpaired) electrons. The molecule has 4 rings (SSSR count). The first kappa shape index (κ1) is 12.6. The van der Waals surface area contributed by atoms with Gasteiger partial charge in [0.15, 0.2) is 0 Å². The average molecular weight is 281 g/mol. The fourth-order valence-corrected chi connectivity index (χ4v) is 3.20. The summed E-state index contributed by atoms with van der Waals surface area (Å²) < 4.78 is 0. The zero-order chi connectivity index (χ0) is 14.1. The van der Waals surface area contributed by atoms with E-state index in [1.165, 1.54) is 18.5 Å². The molecule has 1 aliphatic heterocycles. The van der Waals surface area contributed by atoms with Crippen molar-refractivity contribution in [3.63, 3.8) is 0 Å². The maximum Gasteiger partial charge on any atom is 0.111 e. The minimum Gasteiger partial charge on any atom is -0.347 e. The number of hydrogen-bond acceptors (Lipinski definition) is 3. The number of rotatable bonds is 3. The Morgan fingerprint density at radius 1 is 1.29 bits per heavy atom. The summed E-state index contributed by atoms with van der Waals surface area (Å²) >= 11 is 0. The lowest BCUT2D eigenvalue weighted by Gasteiger charge is -2.31. The van der Waals surface area contributed by atoms with Gasteiger partial charge in [0.25, 0.3) is 0 Å². The van der Waals surface area contributed by atoms with E-state index >= 15 is 0 Å². The van der Waals surface area contributed by atoms with Crippen LogP contribution >= 0.6 is 0 Å². The molecule has 108 valence electrons. The van der Waals surface area contributed by atoms with Crippen LogP contribution in [0.5, 0.6) is 0 Å². The van der Waals surface area contributed by atoms with Crippen LogP contribution in [-0.2, 0) is 6.54 Å². The summed E-state index contributed by atoms with van der Waals surface area (Å²) in [5, 5.41) is 0. The van der Waals surface area contributed by atoms with Crippen LogP contribution in [0.25, 0.3) is 11.0 Å². The number of fused-ring (bicyclic) bond motifs is 1. The molecule has 1 unspecified atom stereocenters. The highest BCUT2D eigenvalue weighted by molar-refractivity contribution is 5.74. The predicted octanol–water partition coefficient (Wildman–Crippen LogP) is 2.67. The number of aromatic amines is 2. The summed E-state index contributed by atoms with van der Waals surface area (Å²) in [6.45, 7) is 3.14. The van der Waals surface area contributed by atoms with Crippen molar-refractivity contribution in [3.8, 4) is 0 Å². The Morgan fingerprint density at radius 2 is 2.24 bits per heavy atom. The van der Waals surface area contributed by atoms with E-state index in [2.05, 4.69) is 38.1 Å². The predicted molar refractivity (Wildman–Crippen MR) is 81.9 cm³/mol. The van der Waals surface area contributed by atoms with Gasteiger partial charge in [0.1, 0.15) is 5.82 Å². The van der Waals surface area contributed by atoms with Crippen LogP contribution in [0.2, 0.25) is 0 Å². The molecule has 0 amide bonds. The number of H-pyrrole nitrogens is 2. The van der Waals surface area contributed by atoms with Crippen molar-refractivity contribution < 1.29 is 0 Å². The van der Waals surface area contributed by atoms with E-state index in [0.717, 1.165) is 36.5 Å². The lowest BCUT2D eigenvalue weighted by molar-refractivity contribution is 0.195. The molecular formula is C16H19N5. The number of nitrogens with one attached hydrogen (secondary N) is 2. The number of likely N-dealkylation sites (tertiary alicyclic amines) is 1. The van der Waals surface area contributed by atoms with E-state index < -0.39 is 0 Å². The lowest BCUT2D eigenvalue weighted by atomic mass is 9.97. The van der Waals surface area contributed by atoms with E-state index in [1.807, 2.05) is 12.3 Å². The van der Waals surface area contributed by atoms with Gasteiger partial charge in [-0.3, -0.25) is 4.90 Å². The number of imidazole rings is 2. The molecule has 1 saturated heterocycles. The van der Waals surface area contributed by atoms with Crippen LogP contribution < -0.4 is 0 Å². The fraction of sp³-hybridized carbons (Fsp3) is 0.375. The van der Waals surface area contributed by atoms with E-state index in [0.29, 0.717) is 5.92 Å². The monoisotopic (exact) mass is 281 g/mol. The van der Waals surface area contributed by atoms with Gasteiger partial charge in [-0.25, -0.2) is 9.97 Å². The second-order valence-electron chi connectivity index (χ2n) is 5.79. The molecule has 5 nitrogen and oxygen atoms in total. The highest BCUT2D eigenvalue weighted by atomic mass is 15.1. The van der Waals surface area contributed by atoms with E-state index in [-0.39, 0.29) is 0 Å². The SMILES string of the molecule is c1ccc2[nH]c(C3CCCN(Cc4cnc[nH]4)C3)nc2c1. The summed E-state index contributed by atoms with van der Waals surface area (Å²) in [6.07, 6.45) is 6.08. The molecule has 0 aliphatic carbocycles. The minimum absolute atomic E-state index is 0.495. The standard InChI is InChI=1S/C16H19N5/c1-2-6-15-14(5-1)19-16(20-15)12-4-3-7-21(9-12)10-13-8-17-11-18-13/h1-2,5-6,8,11-12H,3-4,7,9-10H2,(H,17,18)(H,19,20). The average Bonchev–Trinajstić information content (AvgIpc) is 3.16. The van der Waals surface area contributed by atoms with Gasteiger partial charge in [0, 0.05) is 30.9 Å². The van der Waals surface area contributed by atoms with Crippen LogP contribution in [0.1, 0.15) is 30.3 Å². The molecule has 3 heterocycles. The number of nitrogens with zero attached hydrogens (tertiary/aromatic N) is 3. The van der Waals surface area contributed by atoms with E-state index in [9.17, 15) is 0 Å². The molecule has 21 heavy (non-hydrogen) atoms. The summed E-state index contributed by atoms with van der Waals surface area (Å²) in [4.78, 5) is 18.0. The highest BCUT2D eigenvalue weighted by Crippen LogP contribution is 2.27. The number of piperidine rings is 1. The largest absolute Gasteiger partial charge is 0.347 e. The topological polar surface area (TPSA) is 60.6 Å². The van der Waals surface area contributed by atoms with Crippen molar-refractivity contribution in [1.82, 2.24) is 24.8 Å². The minimum atomic E-state index is 0.495. The first-order chi connectivity index (χ1) is 10.4. The van der Waals surface area contributed by atoms with Crippen molar-refractivity contribution in [1.29, 1.82) is 0 Å². The molecule has 0 saturated carbocycles. The molecule has 2 aromatic heterocycles. The molecule has 1 aliphatic rings. The highest BCUT2D eigenvalue weighted by Gasteiger charge is 2.24. The Bertz CT molecular complexity index is 682. The van der Waals surface area contributed by atoms with Gasteiger partial charge < -0.3 is 9.97 Å². The maximum absolute atomic E-state index is 4.77. The molecule has 1 fully saturated rings. The quantitative estimate of drug-likeness (QED) is 0.776. The Labute approximate surface area is 123 Å². The second-order valence-corrected chi connectivity index (χ2v) is 5.79. The zero-order valence-electron chi connectivity index (χ0n) is 11.9. The van der Waals surface area contributed by atoms with Crippen LogP contribution in [0.4, 0.5) is 0 Å². The van der Waals surface area contributed by atoms with Gasteiger partial charge in [-0.2, -0.15) is 0 Å². The smallest absolute Gasteiger partial charge is 0.111 e. The summed E-state index contributed by atoms with van der Waals surface area (Å²) in [6, 6.07) is 8.26. The van der Waals surface area contributed by atoms with E-state index in [4.69, 9.17) is 4.98 Å². The van der Waals surface area contributed by atoms with Gasteiger partial charge in [0.2, 0.25) is 0 Å². The first-order valence-electron chi connectivity index (χ1n) is 7.53. The number of benzene rings is 1. The van der Waals surface area contributed by atoms with Crippen molar-refractivity contribution >= 4 is 11.0 Å². The van der Waals surface area contributed by atoms with Gasteiger partial charge in [-0.1, -0.05) is 12.1 Å². The second kappa shape index (κ2) is 5.33. The summed E-state index contributed by atoms with van der Waals surface area (Å²) in [7, 11) is 0. The third-order valence-corrected chi connectivity index (χ3v) is 4.25. The molecule has 5 heteroatoms. The van der Waals surface area contributed by atoms with E-state index in [1.54, 1.807) is 6.33 Å². The van der Waals surface area contributed by atoms with Crippen LogP contribution in [-0.4, -0.2) is 37.9 Å². The summed E-state index contributed by atoms with van der Waals surface area (Å²) in [5.74, 6) is 1.62. The van der Waals surface area contributed by atoms with Crippen LogP contribution in [0.3, 0.4) is 0 Å². The Kier molecular flexibility index (Phi) is 3.20. The molecular weight excluding hydrogens is 262 g/mol. The Balaban J connectivity index is 1.52. The molecule has 0 spiro atoms. The number of para-hydroxylation sites is 2. The fourth-order valence-electron chi connectivity index (χ4n) is 3.20. The van der Waals surface area contributed by atoms with Gasteiger partial charge in [-0.05, 0) is 31.5 Å². The van der Waals surface area contributed by atoms with Crippen molar-refractivity contribution in [3.05, 3.63) is 48.3 Å². The zero-order valence-corrected chi connectivity index (χ0v) is 11.9. The van der Waals surface area contributed by atoms with Crippen molar-refractivity contribution in [2.75, 3.05) is 13.1 Å². The molecule has 1 atom stereocenters. The Morgan fingerprint density at radius 3 is 3.10 bits per heavy atom. The van der Waals surface area contributed by atoms with Gasteiger partial charge in [-0.15, -0.1) is 0 Å². The maximum atomic E-state index is 4.77. The lowest BCUT2D eigenvalue weighted by Crippen LogP contribution is -2.34. The van der Waals surface area contributed by atoms with Crippen molar-refractivity contribution in [2.45, 2.75) is 25.3 Å². The molecule has 0 bridgehead atoms. The Hall–Kier alpha value is -2.14. The van der Waals surface area contributed by atoms with Crippen LogP contribution in [0.15, 0.2) is 36.8 Å². The van der Waals surface area contributed by atoms with Crippen molar-refractivity contribution in [2.24, 2.45) is 0 Å². The number of hydrogen-bond donors (Lipinski definition) is 2. The number of aromatic nitrogens is 4. The summed E-state index contributed by atoms with van der Waals surface area (Å²) in [5.41, 5.74) is 3.39.